The summed E-state index contributed by atoms with van der Waals surface area (Å²) in [5.74, 6) is 0.238. The Bertz CT molecular complexity index is 589. The van der Waals surface area contributed by atoms with Crippen LogP contribution in [-0.2, 0) is 6.18 Å². The Morgan fingerprint density at radius 2 is 2.11 bits per heavy atom. The van der Waals surface area contributed by atoms with Crippen LogP contribution in [0, 0.1) is 0 Å². The lowest BCUT2D eigenvalue weighted by Gasteiger charge is -2.12. The van der Waals surface area contributed by atoms with Crippen molar-refractivity contribution in [2.45, 2.75) is 25.4 Å². The van der Waals surface area contributed by atoms with E-state index in [4.69, 9.17) is 17.3 Å². The molecule has 1 unspecified atom stereocenters. The molecule has 0 fully saturated rings. The van der Waals surface area contributed by atoms with Crippen LogP contribution in [-0.4, -0.2) is 21.1 Å². The van der Waals surface area contributed by atoms with Crippen molar-refractivity contribution >= 4 is 17.2 Å². The number of fused-ring (bicyclic) bond motifs is 1. The lowest BCUT2D eigenvalue weighted by molar-refractivity contribution is -0.137. The highest BCUT2D eigenvalue weighted by atomic mass is 35.5. The van der Waals surface area contributed by atoms with Crippen molar-refractivity contribution in [2.24, 2.45) is 5.73 Å². The number of nitrogens with two attached hydrogens (primary N) is 1. The van der Waals surface area contributed by atoms with Gasteiger partial charge in [0.2, 0.25) is 0 Å². The summed E-state index contributed by atoms with van der Waals surface area (Å²) in [6.07, 6.45) is -2.86. The van der Waals surface area contributed by atoms with E-state index in [9.17, 15) is 13.2 Å². The van der Waals surface area contributed by atoms with Gasteiger partial charge in [0, 0.05) is 18.7 Å². The molecule has 2 heterocycles. The van der Waals surface area contributed by atoms with Crippen molar-refractivity contribution in [3.63, 3.8) is 0 Å². The van der Waals surface area contributed by atoms with E-state index in [0.29, 0.717) is 12.2 Å². The summed E-state index contributed by atoms with van der Waals surface area (Å²) in [6, 6.07) is 0.846. The van der Waals surface area contributed by atoms with Crippen LogP contribution >= 0.6 is 11.6 Å². The third-order valence-electron chi connectivity index (χ3n) is 2.96. The lowest BCUT2D eigenvalue weighted by atomic mass is 10.1. The summed E-state index contributed by atoms with van der Waals surface area (Å²) >= 11 is 5.82. The number of nitrogens with zero attached hydrogens (tertiary/aromatic N) is 3. The van der Waals surface area contributed by atoms with Gasteiger partial charge in [-0.15, -0.1) is 10.2 Å². The van der Waals surface area contributed by atoms with Crippen molar-refractivity contribution in [2.75, 3.05) is 6.54 Å². The van der Waals surface area contributed by atoms with Crippen LogP contribution in [0.3, 0.4) is 0 Å². The normalized spacial score (nSPS) is 14.0. The first-order valence-corrected chi connectivity index (χ1v) is 6.07. The molecule has 2 N–H and O–H groups in total. The molecule has 0 aliphatic carbocycles. The molecule has 4 nitrogen and oxygen atoms in total. The summed E-state index contributed by atoms with van der Waals surface area (Å²) in [5, 5.41) is 7.64. The van der Waals surface area contributed by atoms with Crippen molar-refractivity contribution in [3.8, 4) is 0 Å². The second-order valence-electron chi connectivity index (χ2n) is 4.17. The van der Waals surface area contributed by atoms with Crippen molar-refractivity contribution < 1.29 is 13.2 Å². The van der Waals surface area contributed by atoms with Crippen LogP contribution in [0.4, 0.5) is 13.2 Å². The first-order chi connectivity index (χ1) is 8.88. The van der Waals surface area contributed by atoms with Crippen LogP contribution in [0.2, 0.25) is 5.02 Å². The van der Waals surface area contributed by atoms with Gasteiger partial charge in [0.1, 0.15) is 5.82 Å². The summed E-state index contributed by atoms with van der Waals surface area (Å²) in [5.41, 5.74) is 4.96. The highest BCUT2D eigenvalue weighted by Crippen LogP contribution is 2.33. The number of rotatable bonds is 3. The number of aromatic nitrogens is 3. The third kappa shape index (κ3) is 2.52. The fourth-order valence-electron chi connectivity index (χ4n) is 1.86. The van der Waals surface area contributed by atoms with Crippen molar-refractivity contribution in [3.05, 3.63) is 28.7 Å². The first-order valence-electron chi connectivity index (χ1n) is 5.70. The number of pyridine rings is 1. The molecule has 0 bridgehead atoms. The minimum absolute atomic E-state index is 0.0829. The Balaban J connectivity index is 2.66. The molecular weight excluding hydrogens is 281 g/mol. The number of alkyl halides is 3. The molecule has 1 atom stereocenters. The fourth-order valence-corrected chi connectivity index (χ4v) is 2.11. The molecular formula is C11H12ClF3N4. The number of hydrogen-bond acceptors (Lipinski definition) is 3. The first kappa shape index (κ1) is 14.1. The van der Waals surface area contributed by atoms with Crippen LogP contribution in [0.5, 0.6) is 0 Å². The van der Waals surface area contributed by atoms with Crippen LogP contribution in [0.15, 0.2) is 12.3 Å². The molecule has 19 heavy (non-hydrogen) atoms. The Kier molecular flexibility index (Phi) is 3.69. The Hall–Kier alpha value is -1.34. The average Bonchev–Trinajstić information content (AvgIpc) is 2.74. The van der Waals surface area contributed by atoms with Gasteiger partial charge in [-0.1, -0.05) is 18.5 Å². The maximum atomic E-state index is 12.8. The number of halogens is 4. The van der Waals surface area contributed by atoms with Gasteiger partial charge in [-0.25, -0.2) is 0 Å². The van der Waals surface area contributed by atoms with Gasteiger partial charge in [-0.2, -0.15) is 13.2 Å². The predicted octanol–water partition coefficient (Wildman–Crippen LogP) is 2.85. The van der Waals surface area contributed by atoms with Crippen LogP contribution in [0.1, 0.15) is 30.7 Å². The smallest absolute Gasteiger partial charge is 0.330 e. The summed E-state index contributed by atoms with van der Waals surface area (Å²) in [6.45, 7) is 2.17. The van der Waals surface area contributed by atoms with Gasteiger partial charge in [-0.05, 0) is 12.5 Å². The van der Waals surface area contributed by atoms with Crippen LogP contribution in [0.25, 0.3) is 5.65 Å². The molecule has 0 aromatic carbocycles. The maximum Gasteiger partial charge on any atom is 0.417 e. The largest absolute Gasteiger partial charge is 0.417 e. The topological polar surface area (TPSA) is 56.2 Å². The van der Waals surface area contributed by atoms with Gasteiger partial charge < -0.3 is 5.73 Å². The SMILES string of the molecule is CCC(CN)c1nnc2c(Cl)cc(C(F)(F)F)cn12. The lowest BCUT2D eigenvalue weighted by Crippen LogP contribution is -2.15. The van der Waals surface area contributed by atoms with E-state index in [2.05, 4.69) is 10.2 Å². The molecule has 0 saturated carbocycles. The van der Waals surface area contributed by atoms with E-state index in [1.165, 1.54) is 4.40 Å². The molecule has 0 aliphatic rings. The molecule has 2 rings (SSSR count). The summed E-state index contributed by atoms with van der Waals surface area (Å²) < 4.78 is 39.6. The molecule has 104 valence electrons. The molecule has 8 heteroatoms. The molecule has 2 aromatic heterocycles. The fraction of sp³-hybridized carbons (Fsp3) is 0.455. The summed E-state index contributed by atoms with van der Waals surface area (Å²) in [7, 11) is 0. The van der Waals surface area contributed by atoms with E-state index in [-0.39, 0.29) is 23.1 Å². The van der Waals surface area contributed by atoms with Gasteiger partial charge in [-0.3, -0.25) is 4.40 Å². The predicted molar refractivity (Wildman–Crippen MR) is 65.1 cm³/mol. The summed E-state index contributed by atoms with van der Waals surface area (Å²) in [4.78, 5) is 0. The number of hydrogen-bond donors (Lipinski definition) is 1. The highest BCUT2D eigenvalue weighted by molar-refractivity contribution is 6.33. The third-order valence-corrected chi connectivity index (χ3v) is 3.23. The van der Waals surface area contributed by atoms with Gasteiger partial charge in [0.25, 0.3) is 0 Å². The molecule has 0 spiro atoms. The van der Waals surface area contributed by atoms with Crippen molar-refractivity contribution in [1.29, 1.82) is 0 Å². The van der Waals surface area contributed by atoms with E-state index < -0.39 is 11.7 Å². The second kappa shape index (κ2) is 4.97. The quantitative estimate of drug-likeness (QED) is 0.946. The van der Waals surface area contributed by atoms with Crippen LogP contribution < -0.4 is 5.73 Å². The minimum atomic E-state index is -4.47. The standard InChI is InChI=1S/C11H12ClF3N4/c1-2-6(4-16)9-17-18-10-8(12)3-7(5-19(9)10)11(13,14)15/h3,5-6H,2,4,16H2,1H3. The van der Waals surface area contributed by atoms with E-state index in [0.717, 1.165) is 12.3 Å². The zero-order chi connectivity index (χ0) is 14.2. The average molecular weight is 293 g/mol. The van der Waals surface area contributed by atoms with Crippen molar-refractivity contribution in [1.82, 2.24) is 14.6 Å². The van der Waals surface area contributed by atoms with Gasteiger partial charge >= 0.3 is 6.18 Å². The molecule has 0 saturated heterocycles. The minimum Gasteiger partial charge on any atom is -0.330 e. The zero-order valence-electron chi connectivity index (χ0n) is 10.1. The Labute approximate surface area is 112 Å². The molecule has 2 aromatic rings. The second-order valence-corrected chi connectivity index (χ2v) is 4.57. The van der Waals surface area contributed by atoms with E-state index in [1.807, 2.05) is 6.92 Å². The van der Waals surface area contributed by atoms with E-state index >= 15 is 0 Å². The monoisotopic (exact) mass is 292 g/mol. The Morgan fingerprint density at radius 3 is 2.63 bits per heavy atom. The maximum absolute atomic E-state index is 12.8. The molecule has 0 amide bonds. The Morgan fingerprint density at radius 1 is 1.42 bits per heavy atom. The van der Waals surface area contributed by atoms with Gasteiger partial charge in [0.15, 0.2) is 5.65 Å². The zero-order valence-corrected chi connectivity index (χ0v) is 10.8. The molecule has 0 radical (unpaired) electrons. The van der Waals surface area contributed by atoms with E-state index in [1.54, 1.807) is 0 Å². The van der Waals surface area contributed by atoms with Gasteiger partial charge in [0.05, 0.1) is 10.6 Å². The highest BCUT2D eigenvalue weighted by Gasteiger charge is 2.32. The molecule has 0 aliphatic heterocycles.